The minimum atomic E-state index is 0.261. The second-order valence-electron chi connectivity index (χ2n) is 4.86. The van der Waals surface area contributed by atoms with Gasteiger partial charge in [0.05, 0.1) is 6.61 Å². The smallest absolute Gasteiger partial charge is 0.0589 e. The number of benzene rings is 1. The van der Waals surface area contributed by atoms with Crippen LogP contribution in [0.25, 0.3) is 0 Å². The van der Waals surface area contributed by atoms with Gasteiger partial charge in [0.25, 0.3) is 0 Å². The largest absolute Gasteiger partial charge is 0.383 e. The molecule has 0 fully saturated rings. The van der Waals surface area contributed by atoms with Gasteiger partial charge in [-0.2, -0.15) is 0 Å². The number of methoxy groups -OCH3 is 1. The van der Waals surface area contributed by atoms with Gasteiger partial charge in [-0.05, 0) is 24.2 Å². The lowest BCUT2D eigenvalue weighted by Crippen LogP contribution is -2.36. The molecule has 19 heavy (non-hydrogen) atoms. The first-order valence-electron chi connectivity index (χ1n) is 6.84. The molecule has 2 N–H and O–H groups in total. The molecule has 0 bridgehead atoms. The molecule has 0 radical (unpaired) electrons. The summed E-state index contributed by atoms with van der Waals surface area (Å²) in [4.78, 5) is 4.46. The molecule has 1 rings (SSSR count). The van der Waals surface area contributed by atoms with Crippen LogP contribution in [-0.2, 0) is 4.74 Å². The van der Waals surface area contributed by atoms with E-state index in [4.69, 9.17) is 10.5 Å². The van der Waals surface area contributed by atoms with Crippen molar-refractivity contribution < 1.29 is 4.74 Å². The normalized spacial score (nSPS) is 12.7. The third kappa shape index (κ3) is 4.49. The summed E-state index contributed by atoms with van der Waals surface area (Å²) in [6.07, 6.45) is 0. The molecule has 1 unspecified atom stereocenters. The van der Waals surface area contributed by atoms with Gasteiger partial charge in [0.2, 0.25) is 0 Å². The Labute approximate surface area is 117 Å². The number of hydrogen-bond donors (Lipinski definition) is 1. The molecule has 4 heteroatoms. The zero-order valence-electron chi connectivity index (χ0n) is 12.6. The molecule has 1 aromatic rings. The molecule has 108 valence electrons. The molecule has 0 heterocycles. The highest BCUT2D eigenvalue weighted by molar-refractivity contribution is 5.46. The summed E-state index contributed by atoms with van der Waals surface area (Å²) in [5, 5.41) is 0. The van der Waals surface area contributed by atoms with Crippen molar-refractivity contribution in [2.24, 2.45) is 5.73 Å². The Morgan fingerprint density at radius 1 is 1.21 bits per heavy atom. The lowest BCUT2D eigenvalue weighted by atomic mass is 10.0. The lowest BCUT2D eigenvalue weighted by molar-refractivity contribution is 0.125. The number of hydrogen-bond acceptors (Lipinski definition) is 4. The number of anilines is 1. The standard InChI is InChI=1S/C15H27N3O/c1-5-18(10-11-19-4)15(12-16)13-6-8-14(9-7-13)17(2)3/h6-9,15H,5,10-12,16H2,1-4H3. The predicted molar refractivity (Wildman–Crippen MR) is 81.7 cm³/mol. The summed E-state index contributed by atoms with van der Waals surface area (Å²) in [5.74, 6) is 0. The fourth-order valence-corrected chi connectivity index (χ4v) is 2.23. The van der Waals surface area contributed by atoms with Gasteiger partial charge in [0.1, 0.15) is 0 Å². The third-order valence-corrected chi connectivity index (χ3v) is 3.45. The molecule has 0 saturated heterocycles. The van der Waals surface area contributed by atoms with Crippen molar-refractivity contribution in [3.8, 4) is 0 Å². The molecule has 0 amide bonds. The van der Waals surface area contributed by atoms with Crippen molar-refractivity contribution in [1.29, 1.82) is 0 Å². The predicted octanol–water partition coefficient (Wildman–Crippen LogP) is 1.72. The molecular formula is C15H27N3O. The van der Waals surface area contributed by atoms with Gasteiger partial charge in [-0.1, -0.05) is 19.1 Å². The Balaban J connectivity index is 2.82. The van der Waals surface area contributed by atoms with Crippen molar-refractivity contribution >= 4 is 5.69 Å². The number of nitrogens with zero attached hydrogens (tertiary/aromatic N) is 2. The SMILES string of the molecule is CCN(CCOC)C(CN)c1ccc(N(C)C)cc1. The second kappa shape index (κ2) is 8.15. The zero-order valence-corrected chi connectivity index (χ0v) is 12.6. The first kappa shape index (κ1) is 16.0. The molecule has 0 aliphatic heterocycles. The van der Waals surface area contributed by atoms with E-state index in [2.05, 4.69) is 41.0 Å². The molecule has 0 saturated carbocycles. The van der Waals surface area contributed by atoms with E-state index < -0.39 is 0 Å². The van der Waals surface area contributed by atoms with E-state index in [1.807, 2.05) is 14.1 Å². The summed E-state index contributed by atoms with van der Waals surface area (Å²) in [6, 6.07) is 8.88. The molecule has 4 nitrogen and oxygen atoms in total. The Morgan fingerprint density at radius 2 is 1.84 bits per heavy atom. The van der Waals surface area contributed by atoms with Crippen molar-refractivity contribution in [3.05, 3.63) is 29.8 Å². The van der Waals surface area contributed by atoms with Gasteiger partial charge >= 0.3 is 0 Å². The van der Waals surface area contributed by atoms with Crippen LogP contribution >= 0.6 is 0 Å². The van der Waals surface area contributed by atoms with Crippen LogP contribution in [0.15, 0.2) is 24.3 Å². The average molecular weight is 265 g/mol. The van der Waals surface area contributed by atoms with Crippen LogP contribution in [0, 0.1) is 0 Å². The molecule has 1 aromatic carbocycles. The Kier molecular flexibility index (Phi) is 6.84. The minimum absolute atomic E-state index is 0.261. The van der Waals surface area contributed by atoms with Crippen LogP contribution in [0.3, 0.4) is 0 Å². The summed E-state index contributed by atoms with van der Waals surface area (Å²) in [6.45, 7) is 5.40. The van der Waals surface area contributed by atoms with Crippen LogP contribution in [0.5, 0.6) is 0 Å². The quantitative estimate of drug-likeness (QED) is 0.777. The highest BCUT2D eigenvalue weighted by Gasteiger charge is 2.17. The second-order valence-corrected chi connectivity index (χ2v) is 4.86. The van der Waals surface area contributed by atoms with Gasteiger partial charge in [-0.3, -0.25) is 4.90 Å². The van der Waals surface area contributed by atoms with Crippen LogP contribution in [-0.4, -0.2) is 52.3 Å². The molecular weight excluding hydrogens is 238 g/mol. The molecule has 1 atom stereocenters. The van der Waals surface area contributed by atoms with Gasteiger partial charge in [0.15, 0.2) is 0 Å². The Morgan fingerprint density at radius 3 is 2.26 bits per heavy atom. The topological polar surface area (TPSA) is 41.7 Å². The summed E-state index contributed by atoms with van der Waals surface area (Å²) >= 11 is 0. The Hall–Kier alpha value is -1.10. The van der Waals surface area contributed by atoms with E-state index in [1.165, 1.54) is 11.3 Å². The monoisotopic (exact) mass is 265 g/mol. The van der Waals surface area contributed by atoms with Crippen molar-refractivity contribution in [2.75, 3.05) is 52.3 Å². The van der Waals surface area contributed by atoms with Gasteiger partial charge in [0, 0.05) is 46.0 Å². The lowest BCUT2D eigenvalue weighted by Gasteiger charge is -2.30. The fourth-order valence-electron chi connectivity index (χ4n) is 2.23. The Bertz CT molecular complexity index is 351. The van der Waals surface area contributed by atoms with Crippen LogP contribution in [0.4, 0.5) is 5.69 Å². The van der Waals surface area contributed by atoms with Gasteiger partial charge in [-0.25, -0.2) is 0 Å². The number of ether oxygens (including phenoxy) is 1. The third-order valence-electron chi connectivity index (χ3n) is 3.45. The highest BCUT2D eigenvalue weighted by atomic mass is 16.5. The van der Waals surface area contributed by atoms with E-state index in [0.29, 0.717) is 6.54 Å². The van der Waals surface area contributed by atoms with Crippen molar-refractivity contribution in [2.45, 2.75) is 13.0 Å². The van der Waals surface area contributed by atoms with E-state index in [9.17, 15) is 0 Å². The van der Waals surface area contributed by atoms with E-state index >= 15 is 0 Å². The summed E-state index contributed by atoms with van der Waals surface area (Å²) in [5.41, 5.74) is 8.44. The fraction of sp³-hybridized carbons (Fsp3) is 0.600. The first-order chi connectivity index (χ1) is 9.13. The van der Waals surface area contributed by atoms with Crippen LogP contribution in [0.2, 0.25) is 0 Å². The van der Waals surface area contributed by atoms with Crippen LogP contribution < -0.4 is 10.6 Å². The van der Waals surface area contributed by atoms with E-state index in [0.717, 1.165) is 19.7 Å². The van der Waals surface area contributed by atoms with E-state index in [-0.39, 0.29) is 6.04 Å². The number of rotatable bonds is 8. The number of nitrogens with two attached hydrogens (primary N) is 1. The first-order valence-corrected chi connectivity index (χ1v) is 6.84. The molecule has 0 aromatic heterocycles. The minimum Gasteiger partial charge on any atom is -0.383 e. The van der Waals surface area contributed by atoms with Gasteiger partial charge in [-0.15, -0.1) is 0 Å². The maximum Gasteiger partial charge on any atom is 0.0589 e. The zero-order chi connectivity index (χ0) is 14.3. The highest BCUT2D eigenvalue weighted by Crippen LogP contribution is 2.22. The van der Waals surface area contributed by atoms with Crippen molar-refractivity contribution in [3.63, 3.8) is 0 Å². The average Bonchev–Trinajstić information content (AvgIpc) is 2.43. The van der Waals surface area contributed by atoms with Crippen LogP contribution in [0.1, 0.15) is 18.5 Å². The molecule has 0 aliphatic carbocycles. The van der Waals surface area contributed by atoms with Crippen molar-refractivity contribution in [1.82, 2.24) is 4.90 Å². The van der Waals surface area contributed by atoms with Gasteiger partial charge < -0.3 is 15.4 Å². The summed E-state index contributed by atoms with van der Waals surface area (Å²) < 4.78 is 5.17. The maximum absolute atomic E-state index is 5.96. The maximum atomic E-state index is 5.96. The summed E-state index contributed by atoms with van der Waals surface area (Å²) in [7, 11) is 5.83. The molecule has 0 aliphatic rings. The van der Waals surface area contributed by atoms with E-state index in [1.54, 1.807) is 7.11 Å². The number of likely N-dealkylation sites (N-methyl/N-ethyl adjacent to an activating group) is 1. The molecule has 0 spiro atoms.